The van der Waals surface area contributed by atoms with E-state index in [-0.39, 0.29) is 0 Å². The Morgan fingerprint density at radius 2 is 1.95 bits per heavy atom. The molecular formula is C18H15N3O. The summed E-state index contributed by atoms with van der Waals surface area (Å²) in [4.78, 5) is 11.0. The van der Waals surface area contributed by atoms with E-state index in [1.807, 2.05) is 48.9 Å². The molecule has 4 nitrogen and oxygen atoms in total. The zero-order valence-corrected chi connectivity index (χ0v) is 12.1. The third-order valence-electron chi connectivity index (χ3n) is 3.81. The molecule has 22 heavy (non-hydrogen) atoms. The van der Waals surface area contributed by atoms with E-state index in [1.54, 1.807) is 7.11 Å². The maximum atomic E-state index is 5.29. The highest BCUT2D eigenvalue weighted by atomic mass is 16.5. The number of nitrogens with one attached hydrogen (secondary N) is 2. The van der Waals surface area contributed by atoms with Gasteiger partial charge in [0.1, 0.15) is 5.75 Å². The number of fused-ring (bicyclic) bond motifs is 2. The number of rotatable bonds is 3. The smallest absolute Gasteiger partial charge is 0.119 e. The van der Waals surface area contributed by atoms with E-state index in [0.29, 0.717) is 0 Å². The highest BCUT2D eigenvalue weighted by Crippen LogP contribution is 2.24. The number of hydrogen-bond donors (Lipinski definition) is 2. The zero-order chi connectivity index (χ0) is 14.9. The van der Waals surface area contributed by atoms with E-state index < -0.39 is 0 Å². The molecule has 0 aliphatic carbocycles. The Hall–Kier alpha value is -3.01. The number of H-pyrrole nitrogens is 2. The summed E-state index contributed by atoms with van der Waals surface area (Å²) < 4.78 is 5.29. The number of ether oxygens (including phenoxy) is 1. The Morgan fingerprint density at radius 1 is 1.00 bits per heavy atom. The lowest BCUT2D eigenvalue weighted by atomic mass is 10.2. The summed E-state index contributed by atoms with van der Waals surface area (Å²) in [5.74, 6) is 0.842. The van der Waals surface area contributed by atoms with E-state index in [9.17, 15) is 0 Å². The molecule has 0 fully saturated rings. The van der Waals surface area contributed by atoms with Gasteiger partial charge >= 0.3 is 0 Å². The van der Waals surface area contributed by atoms with Crippen molar-refractivity contribution in [1.82, 2.24) is 9.97 Å². The molecule has 2 N–H and O–H groups in total. The Kier molecular flexibility index (Phi) is 2.93. The van der Waals surface area contributed by atoms with Crippen LogP contribution in [0.4, 0.5) is 5.69 Å². The molecule has 0 atom stereocenters. The van der Waals surface area contributed by atoms with Crippen LogP contribution in [-0.2, 0) is 0 Å². The van der Waals surface area contributed by atoms with Crippen molar-refractivity contribution in [3.8, 4) is 5.75 Å². The van der Waals surface area contributed by atoms with Gasteiger partial charge in [-0.15, -0.1) is 0 Å². The average Bonchev–Trinajstić information content (AvgIpc) is 3.18. The highest BCUT2D eigenvalue weighted by molar-refractivity contribution is 6.00. The monoisotopic (exact) mass is 289 g/mol. The first-order valence-corrected chi connectivity index (χ1v) is 7.10. The summed E-state index contributed by atoms with van der Waals surface area (Å²) >= 11 is 0. The van der Waals surface area contributed by atoms with Crippen molar-refractivity contribution in [2.45, 2.75) is 0 Å². The lowest BCUT2D eigenvalue weighted by Crippen LogP contribution is -1.83. The van der Waals surface area contributed by atoms with Crippen LogP contribution in [0, 0.1) is 0 Å². The summed E-state index contributed by atoms with van der Waals surface area (Å²) in [6.07, 6.45) is 5.77. The Balaban J connectivity index is 1.72. The van der Waals surface area contributed by atoms with Gasteiger partial charge in [0.15, 0.2) is 0 Å². The topological polar surface area (TPSA) is 53.2 Å². The quantitative estimate of drug-likeness (QED) is 0.539. The molecule has 0 saturated carbocycles. The van der Waals surface area contributed by atoms with E-state index in [2.05, 4.69) is 27.1 Å². The van der Waals surface area contributed by atoms with Crippen LogP contribution in [0.2, 0.25) is 0 Å². The molecule has 2 aromatic heterocycles. The Labute approximate surface area is 127 Å². The SMILES string of the molecule is COc1ccc2[nH]cc(C=Nc3ccc4cc[nH]c4c3)c2c1. The lowest BCUT2D eigenvalue weighted by Gasteiger charge is -1.99. The molecule has 0 aliphatic rings. The normalized spacial score (nSPS) is 11.7. The fourth-order valence-electron chi connectivity index (χ4n) is 2.62. The Morgan fingerprint density at radius 3 is 2.86 bits per heavy atom. The number of nitrogens with zero attached hydrogens (tertiary/aromatic N) is 1. The van der Waals surface area contributed by atoms with Crippen molar-refractivity contribution < 1.29 is 4.74 Å². The van der Waals surface area contributed by atoms with Gasteiger partial charge in [-0.2, -0.15) is 0 Å². The average molecular weight is 289 g/mol. The maximum Gasteiger partial charge on any atom is 0.119 e. The van der Waals surface area contributed by atoms with Crippen LogP contribution < -0.4 is 4.74 Å². The maximum absolute atomic E-state index is 5.29. The number of benzene rings is 2. The minimum atomic E-state index is 0.842. The summed E-state index contributed by atoms with van der Waals surface area (Å²) in [6.45, 7) is 0. The molecule has 4 aromatic rings. The zero-order valence-electron chi connectivity index (χ0n) is 12.1. The molecule has 0 aliphatic heterocycles. The van der Waals surface area contributed by atoms with Crippen LogP contribution in [0.15, 0.2) is 59.9 Å². The predicted octanol–water partition coefficient (Wildman–Crippen LogP) is 4.41. The van der Waals surface area contributed by atoms with Gasteiger partial charge in [-0.05, 0) is 41.8 Å². The molecule has 2 aromatic carbocycles. The molecule has 0 radical (unpaired) electrons. The van der Waals surface area contributed by atoms with Gasteiger partial charge in [0.25, 0.3) is 0 Å². The molecule has 4 heteroatoms. The number of aromatic nitrogens is 2. The van der Waals surface area contributed by atoms with Crippen LogP contribution in [0.25, 0.3) is 21.8 Å². The fraction of sp³-hybridized carbons (Fsp3) is 0.0556. The highest BCUT2D eigenvalue weighted by Gasteiger charge is 2.03. The van der Waals surface area contributed by atoms with E-state index >= 15 is 0 Å². The van der Waals surface area contributed by atoms with Crippen LogP contribution in [-0.4, -0.2) is 23.3 Å². The van der Waals surface area contributed by atoms with Gasteiger partial charge in [-0.25, -0.2) is 0 Å². The largest absolute Gasteiger partial charge is 0.497 e. The second kappa shape index (κ2) is 5.07. The van der Waals surface area contributed by atoms with Crippen LogP contribution in [0.3, 0.4) is 0 Å². The molecule has 0 unspecified atom stereocenters. The summed E-state index contributed by atoms with van der Waals surface area (Å²) in [5.41, 5.74) is 4.13. The van der Waals surface area contributed by atoms with Gasteiger partial charge < -0.3 is 14.7 Å². The third-order valence-corrected chi connectivity index (χ3v) is 3.81. The van der Waals surface area contributed by atoms with Crippen molar-refractivity contribution in [3.05, 3.63) is 60.4 Å². The second-order valence-corrected chi connectivity index (χ2v) is 5.16. The van der Waals surface area contributed by atoms with Gasteiger partial charge in [0, 0.05) is 40.6 Å². The van der Waals surface area contributed by atoms with Crippen molar-refractivity contribution >= 4 is 33.7 Å². The predicted molar refractivity (Wildman–Crippen MR) is 90.4 cm³/mol. The molecule has 0 saturated heterocycles. The number of methoxy groups -OCH3 is 1. The summed E-state index contributed by atoms with van der Waals surface area (Å²) in [7, 11) is 1.67. The first-order valence-electron chi connectivity index (χ1n) is 7.10. The minimum Gasteiger partial charge on any atom is -0.497 e. The first-order chi connectivity index (χ1) is 10.8. The first kappa shape index (κ1) is 12.7. The number of aromatic amines is 2. The molecule has 0 spiro atoms. The second-order valence-electron chi connectivity index (χ2n) is 5.16. The van der Waals surface area contributed by atoms with Gasteiger partial charge in [0.05, 0.1) is 12.8 Å². The number of aliphatic imine (C=N–C) groups is 1. The number of hydrogen-bond acceptors (Lipinski definition) is 2. The lowest BCUT2D eigenvalue weighted by molar-refractivity contribution is 0.415. The van der Waals surface area contributed by atoms with Crippen LogP contribution in [0.5, 0.6) is 5.75 Å². The van der Waals surface area contributed by atoms with Crippen molar-refractivity contribution in [1.29, 1.82) is 0 Å². The van der Waals surface area contributed by atoms with Crippen LogP contribution in [0.1, 0.15) is 5.56 Å². The van der Waals surface area contributed by atoms with Crippen LogP contribution >= 0.6 is 0 Å². The molecule has 2 heterocycles. The molecule has 0 amide bonds. The van der Waals surface area contributed by atoms with Gasteiger partial charge in [0.2, 0.25) is 0 Å². The fourth-order valence-corrected chi connectivity index (χ4v) is 2.62. The van der Waals surface area contributed by atoms with Gasteiger partial charge in [-0.1, -0.05) is 6.07 Å². The summed E-state index contributed by atoms with van der Waals surface area (Å²) in [5, 5.41) is 2.29. The third kappa shape index (κ3) is 2.15. The standard InChI is InChI=1S/C18H15N3O/c1-22-15-4-5-17-16(9-15)13(11-21-17)10-20-14-3-2-12-6-7-19-18(12)8-14/h2-11,19,21H,1H3. The van der Waals surface area contributed by atoms with Gasteiger partial charge in [-0.3, -0.25) is 4.99 Å². The van der Waals surface area contributed by atoms with Crippen molar-refractivity contribution in [2.24, 2.45) is 4.99 Å². The molecular weight excluding hydrogens is 274 g/mol. The minimum absolute atomic E-state index is 0.842. The molecule has 108 valence electrons. The molecule has 4 rings (SSSR count). The molecule has 0 bridgehead atoms. The van der Waals surface area contributed by atoms with Crippen molar-refractivity contribution in [2.75, 3.05) is 7.11 Å². The summed E-state index contributed by atoms with van der Waals surface area (Å²) in [6, 6.07) is 14.1. The van der Waals surface area contributed by atoms with E-state index in [1.165, 1.54) is 5.39 Å². The van der Waals surface area contributed by atoms with E-state index in [0.717, 1.165) is 33.4 Å². The van der Waals surface area contributed by atoms with E-state index in [4.69, 9.17) is 4.74 Å². The Bertz CT molecular complexity index is 978. The van der Waals surface area contributed by atoms with Crippen molar-refractivity contribution in [3.63, 3.8) is 0 Å².